The van der Waals surface area contributed by atoms with E-state index in [-0.39, 0.29) is 0 Å². The summed E-state index contributed by atoms with van der Waals surface area (Å²) in [7, 11) is 0. The van der Waals surface area contributed by atoms with Gasteiger partial charge in [-0.15, -0.1) is 0 Å². The topological polar surface area (TPSA) is 53.9 Å². The average molecular weight is 273 g/mol. The summed E-state index contributed by atoms with van der Waals surface area (Å²) in [6, 6.07) is 10.2. The van der Waals surface area contributed by atoms with Crippen LogP contribution in [-0.4, -0.2) is 16.5 Å². The molecule has 4 nitrogen and oxygen atoms in total. The normalized spacial score (nSPS) is 11.0. The molecular formula is C14H15N3OS. The molecule has 98 valence electrons. The van der Waals surface area contributed by atoms with E-state index in [0.717, 1.165) is 33.9 Å². The van der Waals surface area contributed by atoms with Crippen molar-refractivity contribution in [1.29, 1.82) is 0 Å². The summed E-state index contributed by atoms with van der Waals surface area (Å²) >= 11 is 1.76. The van der Waals surface area contributed by atoms with E-state index < -0.39 is 0 Å². The molecule has 1 aromatic carbocycles. The van der Waals surface area contributed by atoms with E-state index in [1.807, 2.05) is 30.5 Å². The summed E-state index contributed by atoms with van der Waals surface area (Å²) in [5, 5.41) is 11.4. The molecule has 3 aromatic rings. The standard InChI is InChI=1S/C14H15N3OS/c1-19-9-13-4-3-12(18-13)8-15-11-2-5-14-10(6-11)7-16-17-14/h2-7,15H,8-9H2,1H3,(H,16,17). The third-order valence-electron chi connectivity index (χ3n) is 2.91. The summed E-state index contributed by atoms with van der Waals surface area (Å²) < 4.78 is 5.72. The van der Waals surface area contributed by atoms with E-state index in [2.05, 4.69) is 27.8 Å². The molecule has 0 spiro atoms. The van der Waals surface area contributed by atoms with Gasteiger partial charge in [-0.1, -0.05) is 0 Å². The van der Waals surface area contributed by atoms with Gasteiger partial charge in [0.1, 0.15) is 11.5 Å². The minimum absolute atomic E-state index is 0.692. The third kappa shape index (κ3) is 2.76. The molecule has 0 aliphatic carbocycles. The fraction of sp³-hybridized carbons (Fsp3) is 0.214. The van der Waals surface area contributed by atoms with Crippen LogP contribution in [0.4, 0.5) is 5.69 Å². The van der Waals surface area contributed by atoms with E-state index in [1.165, 1.54) is 0 Å². The number of hydrogen-bond donors (Lipinski definition) is 2. The van der Waals surface area contributed by atoms with Crippen LogP contribution in [0.1, 0.15) is 11.5 Å². The number of aromatic amines is 1. The lowest BCUT2D eigenvalue weighted by Crippen LogP contribution is -1.97. The van der Waals surface area contributed by atoms with Gasteiger partial charge in [-0.25, -0.2) is 0 Å². The van der Waals surface area contributed by atoms with E-state index in [9.17, 15) is 0 Å². The SMILES string of the molecule is CSCc1ccc(CNc2ccc3[nH]ncc3c2)o1. The summed E-state index contributed by atoms with van der Waals surface area (Å²) in [6.45, 7) is 0.692. The van der Waals surface area contributed by atoms with Crippen molar-refractivity contribution in [1.82, 2.24) is 10.2 Å². The van der Waals surface area contributed by atoms with Crippen LogP contribution in [0.15, 0.2) is 40.9 Å². The van der Waals surface area contributed by atoms with Crippen molar-refractivity contribution in [3.63, 3.8) is 0 Å². The predicted octanol–water partition coefficient (Wildman–Crippen LogP) is 3.63. The first kappa shape index (κ1) is 12.2. The Balaban J connectivity index is 1.67. The van der Waals surface area contributed by atoms with Gasteiger partial charge in [0.05, 0.1) is 24.0 Å². The second-order valence-electron chi connectivity index (χ2n) is 4.33. The van der Waals surface area contributed by atoms with Crippen LogP contribution >= 0.6 is 11.8 Å². The molecule has 0 aliphatic heterocycles. The molecule has 2 aromatic heterocycles. The molecule has 2 N–H and O–H groups in total. The molecule has 0 saturated heterocycles. The number of rotatable bonds is 5. The molecular weight excluding hydrogens is 258 g/mol. The Morgan fingerprint density at radius 3 is 3.05 bits per heavy atom. The maximum atomic E-state index is 5.72. The van der Waals surface area contributed by atoms with Crippen molar-refractivity contribution >= 4 is 28.4 Å². The molecule has 0 atom stereocenters. The second-order valence-corrected chi connectivity index (χ2v) is 5.19. The molecule has 2 heterocycles. The molecule has 0 radical (unpaired) electrons. The average Bonchev–Trinajstić information content (AvgIpc) is 3.04. The van der Waals surface area contributed by atoms with Crippen molar-refractivity contribution in [2.45, 2.75) is 12.3 Å². The van der Waals surface area contributed by atoms with E-state index in [4.69, 9.17) is 4.42 Å². The van der Waals surface area contributed by atoms with Gasteiger partial charge in [-0.3, -0.25) is 5.10 Å². The maximum absolute atomic E-state index is 5.72. The number of fused-ring (bicyclic) bond motifs is 1. The predicted molar refractivity (Wildman–Crippen MR) is 79.3 cm³/mol. The lowest BCUT2D eigenvalue weighted by Gasteiger charge is -2.04. The molecule has 0 fully saturated rings. The Bertz CT molecular complexity index is 674. The summed E-state index contributed by atoms with van der Waals surface area (Å²) in [5.74, 6) is 2.90. The number of anilines is 1. The summed E-state index contributed by atoms with van der Waals surface area (Å²) in [4.78, 5) is 0. The van der Waals surface area contributed by atoms with Crippen LogP contribution < -0.4 is 5.32 Å². The van der Waals surface area contributed by atoms with Gasteiger partial charge in [0.2, 0.25) is 0 Å². The Kier molecular flexibility index (Phi) is 3.46. The molecule has 3 rings (SSSR count). The van der Waals surface area contributed by atoms with Crippen molar-refractivity contribution in [3.8, 4) is 0 Å². The Hall–Kier alpha value is -1.88. The molecule has 0 unspecified atom stereocenters. The zero-order valence-electron chi connectivity index (χ0n) is 10.6. The van der Waals surface area contributed by atoms with Crippen molar-refractivity contribution in [2.24, 2.45) is 0 Å². The highest BCUT2D eigenvalue weighted by atomic mass is 32.2. The maximum Gasteiger partial charge on any atom is 0.123 e. The zero-order chi connectivity index (χ0) is 13.1. The molecule has 0 saturated carbocycles. The highest BCUT2D eigenvalue weighted by molar-refractivity contribution is 7.97. The van der Waals surface area contributed by atoms with Gasteiger partial charge in [-0.2, -0.15) is 16.9 Å². The van der Waals surface area contributed by atoms with Crippen LogP contribution in [0.25, 0.3) is 10.9 Å². The van der Waals surface area contributed by atoms with Gasteiger partial charge in [0.15, 0.2) is 0 Å². The second kappa shape index (κ2) is 5.40. The van der Waals surface area contributed by atoms with Gasteiger partial charge >= 0.3 is 0 Å². The number of hydrogen-bond acceptors (Lipinski definition) is 4. The number of benzene rings is 1. The van der Waals surface area contributed by atoms with Crippen LogP contribution in [0.5, 0.6) is 0 Å². The van der Waals surface area contributed by atoms with E-state index in [0.29, 0.717) is 6.54 Å². The molecule has 0 amide bonds. The fourth-order valence-electron chi connectivity index (χ4n) is 1.98. The van der Waals surface area contributed by atoms with Crippen LogP contribution in [0, 0.1) is 0 Å². The van der Waals surface area contributed by atoms with E-state index in [1.54, 1.807) is 11.8 Å². The smallest absolute Gasteiger partial charge is 0.123 e. The van der Waals surface area contributed by atoms with Crippen molar-refractivity contribution < 1.29 is 4.42 Å². The largest absolute Gasteiger partial charge is 0.463 e. The zero-order valence-corrected chi connectivity index (χ0v) is 11.5. The van der Waals surface area contributed by atoms with Crippen LogP contribution in [0.3, 0.4) is 0 Å². The summed E-state index contributed by atoms with van der Waals surface area (Å²) in [5.41, 5.74) is 2.11. The minimum atomic E-state index is 0.692. The number of nitrogens with zero attached hydrogens (tertiary/aromatic N) is 1. The first-order valence-electron chi connectivity index (χ1n) is 6.09. The highest BCUT2D eigenvalue weighted by Gasteiger charge is 2.02. The highest BCUT2D eigenvalue weighted by Crippen LogP contribution is 2.18. The summed E-state index contributed by atoms with van der Waals surface area (Å²) in [6.07, 6.45) is 3.89. The molecule has 19 heavy (non-hydrogen) atoms. The van der Waals surface area contributed by atoms with Crippen LogP contribution in [-0.2, 0) is 12.3 Å². The Morgan fingerprint density at radius 2 is 2.16 bits per heavy atom. The van der Waals surface area contributed by atoms with Crippen molar-refractivity contribution in [3.05, 3.63) is 48.0 Å². The number of aromatic nitrogens is 2. The Labute approximate surface area is 115 Å². The monoisotopic (exact) mass is 273 g/mol. The number of nitrogens with one attached hydrogen (secondary N) is 2. The van der Waals surface area contributed by atoms with Gasteiger partial charge in [-0.05, 0) is 36.6 Å². The molecule has 0 aliphatic rings. The first-order chi connectivity index (χ1) is 9.35. The van der Waals surface area contributed by atoms with Gasteiger partial charge in [0, 0.05) is 11.1 Å². The third-order valence-corrected chi connectivity index (χ3v) is 3.48. The van der Waals surface area contributed by atoms with Gasteiger partial charge in [0.25, 0.3) is 0 Å². The molecule has 0 bridgehead atoms. The number of furan rings is 1. The number of thioether (sulfide) groups is 1. The lowest BCUT2D eigenvalue weighted by molar-refractivity contribution is 0.487. The first-order valence-corrected chi connectivity index (χ1v) is 7.48. The lowest BCUT2D eigenvalue weighted by atomic mass is 10.2. The fourth-order valence-corrected chi connectivity index (χ4v) is 2.42. The van der Waals surface area contributed by atoms with Crippen molar-refractivity contribution in [2.75, 3.05) is 11.6 Å². The molecule has 5 heteroatoms. The minimum Gasteiger partial charge on any atom is -0.463 e. The van der Waals surface area contributed by atoms with Crippen LogP contribution in [0.2, 0.25) is 0 Å². The van der Waals surface area contributed by atoms with Gasteiger partial charge < -0.3 is 9.73 Å². The van der Waals surface area contributed by atoms with E-state index >= 15 is 0 Å². The Morgan fingerprint density at radius 1 is 1.26 bits per heavy atom. The number of H-pyrrole nitrogens is 1. The quantitative estimate of drug-likeness (QED) is 0.745.